The number of hydrogen-bond donors (Lipinski definition) is 3. The SMILES string of the molecule is CC(C)[C@H]1NC(=O)C[C@H]2/C=C/CCSSC[C@@H](NC1=O)C(=O)NC1CCC(CC1)C(=O)O2. The van der Waals surface area contributed by atoms with Crippen molar-refractivity contribution < 1.29 is 23.9 Å². The number of rotatable bonds is 1. The third-order valence-corrected chi connectivity index (χ3v) is 8.44. The highest BCUT2D eigenvalue weighted by molar-refractivity contribution is 8.76. The van der Waals surface area contributed by atoms with E-state index < -0.39 is 18.2 Å². The summed E-state index contributed by atoms with van der Waals surface area (Å²) >= 11 is 0. The minimum atomic E-state index is -0.787. The Morgan fingerprint density at radius 2 is 1.72 bits per heavy atom. The van der Waals surface area contributed by atoms with Crippen LogP contribution in [-0.2, 0) is 23.9 Å². The van der Waals surface area contributed by atoms with Crippen molar-refractivity contribution in [1.29, 1.82) is 0 Å². The molecule has 10 heteroatoms. The molecule has 0 aromatic heterocycles. The number of amides is 3. The molecule has 32 heavy (non-hydrogen) atoms. The molecule has 3 aliphatic heterocycles. The molecular weight excluding hydrogens is 450 g/mol. The quantitative estimate of drug-likeness (QED) is 0.297. The Bertz CT molecular complexity index is 737. The van der Waals surface area contributed by atoms with E-state index in [-0.39, 0.29) is 48.0 Å². The number of ether oxygens (including phenoxy) is 1. The van der Waals surface area contributed by atoms with Crippen LogP contribution in [0.25, 0.3) is 0 Å². The Labute approximate surface area is 197 Å². The zero-order chi connectivity index (χ0) is 23.1. The summed E-state index contributed by atoms with van der Waals surface area (Å²) in [6.45, 7) is 3.68. The molecule has 0 radical (unpaired) electrons. The normalized spacial score (nSPS) is 34.2. The number of allylic oxidation sites excluding steroid dienone is 1. The monoisotopic (exact) mass is 483 g/mol. The molecule has 1 aliphatic carbocycles. The van der Waals surface area contributed by atoms with E-state index in [9.17, 15) is 19.2 Å². The van der Waals surface area contributed by atoms with Crippen LogP contribution >= 0.6 is 21.6 Å². The van der Waals surface area contributed by atoms with Crippen molar-refractivity contribution >= 4 is 45.3 Å². The van der Waals surface area contributed by atoms with Crippen LogP contribution in [0.1, 0.15) is 52.4 Å². The van der Waals surface area contributed by atoms with Gasteiger partial charge in [0.1, 0.15) is 18.2 Å². The lowest BCUT2D eigenvalue weighted by Gasteiger charge is -2.31. The first-order chi connectivity index (χ1) is 15.3. The summed E-state index contributed by atoms with van der Waals surface area (Å²) in [6.07, 6.45) is 6.38. The summed E-state index contributed by atoms with van der Waals surface area (Å²) in [5.74, 6) is -0.425. The smallest absolute Gasteiger partial charge is 0.309 e. The second-order valence-electron chi connectivity index (χ2n) is 8.91. The molecule has 3 amide bonds. The van der Waals surface area contributed by atoms with Crippen molar-refractivity contribution in [3.63, 3.8) is 0 Å². The Morgan fingerprint density at radius 3 is 2.44 bits per heavy atom. The highest BCUT2D eigenvalue weighted by Crippen LogP contribution is 2.28. The van der Waals surface area contributed by atoms with Crippen LogP contribution in [0.15, 0.2) is 12.2 Å². The summed E-state index contributed by atoms with van der Waals surface area (Å²) < 4.78 is 5.72. The third kappa shape index (κ3) is 7.16. The van der Waals surface area contributed by atoms with Gasteiger partial charge in [0.15, 0.2) is 0 Å². The predicted molar refractivity (Wildman–Crippen MR) is 126 cm³/mol. The van der Waals surface area contributed by atoms with Crippen LogP contribution in [0.3, 0.4) is 0 Å². The molecule has 4 bridgehead atoms. The van der Waals surface area contributed by atoms with Gasteiger partial charge in [-0.05, 0) is 44.1 Å². The lowest BCUT2D eigenvalue weighted by Crippen LogP contribution is -2.57. The molecular formula is C22H33N3O5S2. The maximum atomic E-state index is 13.0. The van der Waals surface area contributed by atoms with Gasteiger partial charge in [-0.3, -0.25) is 19.2 Å². The van der Waals surface area contributed by atoms with Crippen LogP contribution in [0, 0.1) is 11.8 Å². The number of hydrogen-bond acceptors (Lipinski definition) is 7. The molecule has 0 aromatic rings. The molecule has 1 saturated carbocycles. The molecule has 178 valence electrons. The van der Waals surface area contributed by atoms with Crippen molar-refractivity contribution in [3.05, 3.63) is 12.2 Å². The van der Waals surface area contributed by atoms with Crippen molar-refractivity contribution in [3.8, 4) is 0 Å². The van der Waals surface area contributed by atoms with E-state index in [2.05, 4.69) is 16.0 Å². The fraction of sp³-hybridized carbons (Fsp3) is 0.727. The highest BCUT2D eigenvalue weighted by atomic mass is 33.1. The van der Waals surface area contributed by atoms with Gasteiger partial charge in [0.05, 0.1) is 12.3 Å². The number of carbonyl (C=O) groups is 4. The molecule has 3 fully saturated rings. The third-order valence-electron chi connectivity index (χ3n) is 6.00. The van der Waals surface area contributed by atoms with E-state index in [1.165, 1.54) is 0 Å². The van der Waals surface area contributed by atoms with Crippen LogP contribution < -0.4 is 16.0 Å². The minimum Gasteiger partial charge on any atom is -0.457 e. The molecule has 4 aliphatic rings. The molecule has 8 nitrogen and oxygen atoms in total. The van der Waals surface area contributed by atoms with Crippen molar-refractivity contribution in [1.82, 2.24) is 16.0 Å². The Hall–Kier alpha value is -1.68. The van der Waals surface area contributed by atoms with Gasteiger partial charge in [0, 0.05) is 17.5 Å². The lowest BCUT2D eigenvalue weighted by atomic mass is 9.86. The van der Waals surface area contributed by atoms with Gasteiger partial charge in [-0.15, -0.1) is 0 Å². The Kier molecular flexibility index (Phi) is 9.34. The molecule has 3 atom stereocenters. The first-order valence-electron chi connectivity index (χ1n) is 11.3. The first kappa shape index (κ1) is 25.0. The first-order valence-corrected chi connectivity index (χ1v) is 13.8. The number of esters is 1. The molecule has 3 heterocycles. The van der Waals surface area contributed by atoms with Crippen molar-refractivity contribution in [2.45, 2.75) is 76.6 Å². The minimum absolute atomic E-state index is 0.0246. The van der Waals surface area contributed by atoms with Gasteiger partial charge in [0.2, 0.25) is 17.7 Å². The van der Waals surface area contributed by atoms with Gasteiger partial charge < -0.3 is 20.7 Å². The maximum Gasteiger partial charge on any atom is 0.309 e. The van der Waals surface area contributed by atoms with Crippen molar-refractivity contribution in [2.75, 3.05) is 11.5 Å². The van der Waals surface area contributed by atoms with Gasteiger partial charge in [-0.1, -0.05) is 41.5 Å². The van der Waals surface area contributed by atoms with Crippen molar-refractivity contribution in [2.24, 2.45) is 11.8 Å². The lowest BCUT2D eigenvalue weighted by molar-refractivity contribution is -0.154. The molecule has 0 unspecified atom stereocenters. The summed E-state index contributed by atoms with van der Waals surface area (Å²) in [5, 5.41) is 8.70. The average molecular weight is 484 g/mol. The number of nitrogens with one attached hydrogen (secondary N) is 3. The molecule has 3 N–H and O–H groups in total. The summed E-state index contributed by atoms with van der Waals surface area (Å²) in [7, 11) is 3.17. The maximum absolute atomic E-state index is 13.0. The Balaban J connectivity index is 1.93. The van der Waals surface area contributed by atoms with Crippen LogP contribution in [0.2, 0.25) is 0 Å². The van der Waals surface area contributed by atoms with Crippen LogP contribution in [-0.4, -0.2) is 59.4 Å². The summed E-state index contributed by atoms with van der Waals surface area (Å²) in [6, 6.07) is -1.50. The average Bonchev–Trinajstić information content (AvgIpc) is 2.74. The molecule has 0 aromatic carbocycles. The summed E-state index contributed by atoms with van der Waals surface area (Å²) in [5.41, 5.74) is 0. The Morgan fingerprint density at radius 1 is 0.969 bits per heavy atom. The standard InChI is InChI=1S/C22H33N3O5S2/c1-13(2)19-21(28)24-17-12-32-31-10-4-3-5-16(11-18(26)25-19)30-22(29)14-6-8-15(9-7-14)23-20(17)27/h3,5,13-17,19H,4,6-12H2,1-2H3,(H,23,27)(H,24,28)(H,25,26)/b5-3+/t14?,15?,16-,17-,19-/m1/s1. The topological polar surface area (TPSA) is 114 Å². The second kappa shape index (κ2) is 12.0. The van der Waals surface area contributed by atoms with Gasteiger partial charge in [-0.25, -0.2) is 0 Å². The number of carbonyl (C=O) groups excluding carboxylic acids is 4. The number of fused-ring (bicyclic) bond motifs is 4. The molecule has 2 saturated heterocycles. The van der Waals surface area contributed by atoms with E-state index in [1.807, 2.05) is 19.9 Å². The predicted octanol–water partition coefficient (Wildman–Crippen LogP) is 1.94. The van der Waals surface area contributed by atoms with E-state index >= 15 is 0 Å². The van der Waals surface area contributed by atoms with E-state index in [1.54, 1.807) is 27.7 Å². The second-order valence-corrected chi connectivity index (χ2v) is 11.5. The fourth-order valence-corrected chi connectivity index (χ4v) is 6.26. The van der Waals surface area contributed by atoms with Gasteiger partial charge in [-0.2, -0.15) is 0 Å². The van der Waals surface area contributed by atoms with Gasteiger partial charge >= 0.3 is 5.97 Å². The summed E-state index contributed by atoms with van der Waals surface area (Å²) in [4.78, 5) is 51.6. The van der Waals surface area contributed by atoms with E-state index in [4.69, 9.17) is 4.74 Å². The largest absolute Gasteiger partial charge is 0.457 e. The fourth-order valence-electron chi connectivity index (χ4n) is 4.10. The van der Waals surface area contributed by atoms with E-state index in [0.29, 0.717) is 31.4 Å². The molecule has 0 spiro atoms. The zero-order valence-corrected chi connectivity index (χ0v) is 20.3. The van der Waals surface area contributed by atoms with Crippen LogP contribution in [0.5, 0.6) is 0 Å². The van der Waals surface area contributed by atoms with Gasteiger partial charge in [0.25, 0.3) is 0 Å². The van der Waals surface area contributed by atoms with E-state index in [0.717, 1.165) is 12.2 Å². The highest BCUT2D eigenvalue weighted by Gasteiger charge is 2.34. The molecule has 4 rings (SSSR count). The van der Waals surface area contributed by atoms with Crippen LogP contribution in [0.4, 0.5) is 0 Å². The zero-order valence-electron chi connectivity index (χ0n) is 18.6.